The first kappa shape index (κ1) is 9.71. The fourth-order valence-corrected chi connectivity index (χ4v) is 2.20. The maximum atomic E-state index is 3.56. The number of rotatable bonds is 4. The van der Waals surface area contributed by atoms with Gasteiger partial charge >= 0.3 is 0 Å². The quantitative estimate of drug-likeness (QED) is 0.804. The van der Waals surface area contributed by atoms with Crippen molar-refractivity contribution < 1.29 is 0 Å². The summed E-state index contributed by atoms with van der Waals surface area (Å²) in [7, 11) is 0. The van der Waals surface area contributed by atoms with Crippen molar-refractivity contribution in [2.45, 2.75) is 19.3 Å². The van der Waals surface area contributed by atoms with Crippen molar-refractivity contribution >= 4 is 16.5 Å². The lowest BCUT2D eigenvalue weighted by Crippen LogP contribution is -2.02. The highest BCUT2D eigenvalue weighted by atomic mass is 14.9. The second kappa shape index (κ2) is 4.17. The largest absolute Gasteiger partial charge is 0.385 e. The minimum absolute atomic E-state index is 1.00. The Kier molecular flexibility index (Phi) is 2.53. The third-order valence-corrected chi connectivity index (χ3v) is 3.35. The lowest BCUT2D eigenvalue weighted by molar-refractivity contribution is 0.761. The van der Waals surface area contributed by atoms with Crippen LogP contribution in [0.5, 0.6) is 0 Å². The lowest BCUT2D eigenvalue weighted by Gasteiger charge is -2.09. The zero-order valence-electron chi connectivity index (χ0n) is 9.45. The number of anilines is 1. The minimum atomic E-state index is 1.00. The summed E-state index contributed by atoms with van der Waals surface area (Å²) in [6, 6.07) is 15.0. The van der Waals surface area contributed by atoms with Crippen LogP contribution in [0.4, 0.5) is 5.69 Å². The molecule has 1 saturated carbocycles. The van der Waals surface area contributed by atoms with Crippen molar-refractivity contribution in [2.24, 2.45) is 5.92 Å². The average molecular weight is 211 g/mol. The smallest absolute Gasteiger partial charge is 0.0419 e. The Balaban J connectivity index is 1.79. The van der Waals surface area contributed by atoms with Crippen molar-refractivity contribution in [3.05, 3.63) is 42.5 Å². The molecule has 1 fully saturated rings. The molecule has 0 bridgehead atoms. The van der Waals surface area contributed by atoms with Gasteiger partial charge in [-0.25, -0.2) is 0 Å². The normalized spacial score (nSPS) is 15.2. The molecule has 82 valence electrons. The fraction of sp³-hybridized carbons (Fsp3) is 0.333. The molecule has 0 atom stereocenters. The summed E-state index contributed by atoms with van der Waals surface area (Å²) in [6.45, 7) is 1.11. The van der Waals surface area contributed by atoms with Crippen molar-refractivity contribution in [1.82, 2.24) is 0 Å². The zero-order chi connectivity index (χ0) is 10.8. The summed E-state index contributed by atoms with van der Waals surface area (Å²) >= 11 is 0. The molecule has 1 N–H and O–H groups in total. The van der Waals surface area contributed by atoms with Crippen LogP contribution in [-0.4, -0.2) is 6.54 Å². The summed E-state index contributed by atoms with van der Waals surface area (Å²) < 4.78 is 0. The highest BCUT2D eigenvalue weighted by molar-refractivity contribution is 5.93. The Morgan fingerprint density at radius 1 is 1.00 bits per heavy atom. The summed E-state index contributed by atoms with van der Waals surface area (Å²) in [6.07, 6.45) is 4.21. The first-order valence-corrected chi connectivity index (χ1v) is 6.15. The average Bonchev–Trinajstić information content (AvgIpc) is 3.13. The highest BCUT2D eigenvalue weighted by Crippen LogP contribution is 2.32. The molecule has 0 amide bonds. The highest BCUT2D eigenvalue weighted by Gasteiger charge is 2.20. The first-order valence-electron chi connectivity index (χ1n) is 6.15. The third-order valence-electron chi connectivity index (χ3n) is 3.35. The molecule has 3 rings (SSSR count). The van der Waals surface area contributed by atoms with Crippen LogP contribution in [0.2, 0.25) is 0 Å². The molecule has 1 aliphatic rings. The van der Waals surface area contributed by atoms with Crippen molar-refractivity contribution in [3.63, 3.8) is 0 Å². The minimum Gasteiger partial charge on any atom is -0.385 e. The zero-order valence-corrected chi connectivity index (χ0v) is 9.45. The molecule has 0 aliphatic heterocycles. The molecular formula is C15H17N. The van der Waals surface area contributed by atoms with E-state index in [4.69, 9.17) is 0 Å². The van der Waals surface area contributed by atoms with E-state index in [0.717, 1.165) is 12.5 Å². The van der Waals surface area contributed by atoms with E-state index in [-0.39, 0.29) is 0 Å². The van der Waals surface area contributed by atoms with E-state index in [2.05, 4.69) is 47.8 Å². The Hall–Kier alpha value is -1.50. The number of benzene rings is 2. The predicted octanol–water partition coefficient (Wildman–Crippen LogP) is 4.05. The van der Waals surface area contributed by atoms with E-state index in [1.54, 1.807) is 0 Å². The van der Waals surface area contributed by atoms with Crippen LogP contribution in [0.1, 0.15) is 19.3 Å². The molecule has 0 heterocycles. The fourth-order valence-electron chi connectivity index (χ4n) is 2.20. The number of hydrogen-bond donors (Lipinski definition) is 1. The van der Waals surface area contributed by atoms with Crippen LogP contribution in [0.15, 0.2) is 42.5 Å². The van der Waals surface area contributed by atoms with Gasteiger partial charge in [0, 0.05) is 17.6 Å². The maximum absolute atomic E-state index is 3.56. The van der Waals surface area contributed by atoms with Crippen LogP contribution >= 0.6 is 0 Å². The van der Waals surface area contributed by atoms with Gasteiger partial charge in [-0.1, -0.05) is 49.2 Å². The van der Waals surface area contributed by atoms with Crippen LogP contribution in [-0.2, 0) is 0 Å². The Bertz CT molecular complexity index is 480. The SMILES string of the molecule is c1ccc2c(NCCC3CC3)cccc2c1. The number of nitrogens with one attached hydrogen (secondary N) is 1. The number of hydrogen-bond acceptors (Lipinski definition) is 1. The first-order chi connectivity index (χ1) is 7.93. The summed E-state index contributed by atoms with van der Waals surface area (Å²) in [5.74, 6) is 1.00. The van der Waals surface area contributed by atoms with Gasteiger partial charge in [0.2, 0.25) is 0 Å². The molecule has 0 aromatic heterocycles. The van der Waals surface area contributed by atoms with Crippen molar-refractivity contribution in [1.29, 1.82) is 0 Å². The van der Waals surface area contributed by atoms with Crippen LogP contribution in [0.3, 0.4) is 0 Å². The van der Waals surface area contributed by atoms with E-state index < -0.39 is 0 Å². The van der Waals surface area contributed by atoms with Gasteiger partial charge in [-0.3, -0.25) is 0 Å². The van der Waals surface area contributed by atoms with E-state index in [1.165, 1.54) is 35.7 Å². The van der Waals surface area contributed by atoms with Crippen LogP contribution in [0.25, 0.3) is 10.8 Å². The predicted molar refractivity (Wildman–Crippen MR) is 69.8 cm³/mol. The van der Waals surface area contributed by atoms with Crippen LogP contribution in [0, 0.1) is 5.92 Å². The Morgan fingerprint density at radius 3 is 2.69 bits per heavy atom. The molecule has 0 radical (unpaired) electrons. The van der Waals surface area contributed by atoms with Gasteiger partial charge in [0.1, 0.15) is 0 Å². The maximum Gasteiger partial charge on any atom is 0.0419 e. The van der Waals surface area contributed by atoms with E-state index >= 15 is 0 Å². The number of fused-ring (bicyclic) bond motifs is 1. The third kappa shape index (κ3) is 2.04. The summed E-state index contributed by atoms with van der Waals surface area (Å²) in [5, 5.41) is 6.21. The molecule has 0 spiro atoms. The second-order valence-corrected chi connectivity index (χ2v) is 4.69. The van der Waals surface area contributed by atoms with Crippen molar-refractivity contribution in [2.75, 3.05) is 11.9 Å². The van der Waals surface area contributed by atoms with Gasteiger partial charge in [0.25, 0.3) is 0 Å². The molecule has 0 saturated heterocycles. The van der Waals surface area contributed by atoms with Gasteiger partial charge in [-0.15, -0.1) is 0 Å². The molecule has 2 aromatic rings. The lowest BCUT2D eigenvalue weighted by atomic mass is 10.1. The molecule has 16 heavy (non-hydrogen) atoms. The van der Waals surface area contributed by atoms with Gasteiger partial charge in [0.05, 0.1) is 0 Å². The Labute approximate surface area is 96.5 Å². The standard InChI is InChI=1S/C15H17N/c1-2-6-14-13(4-1)5-3-7-15(14)16-11-10-12-8-9-12/h1-7,12,16H,8-11H2. The van der Waals surface area contributed by atoms with Gasteiger partial charge in [0.15, 0.2) is 0 Å². The van der Waals surface area contributed by atoms with E-state index in [1.807, 2.05) is 0 Å². The van der Waals surface area contributed by atoms with E-state index in [0.29, 0.717) is 0 Å². The second-order valence-electron chi connectivity index (χ2n) is 4.69. The summed E-state index contributed by atoms with van der Waals surface area (Å²) in [5.41, 5.74) is 1.28. The van der Waals surface area contributed by atoms with Gasteiger partial charge < -0.3 is 5.32 Å². The van der Waals surface area contributed by atoms with Gasteiger partial charge in [-0.2, -0.15) is 0 Å². The van der Waals surface area contributed by atoms with Crippen LogP contribution < -0.4 is 5.32 Å². The molecule has 1 nitrogen and oxygen atoms in total. The molecule has 1 heteroatoms. The van der Waals surface area contributed by atoms with E-state index in [9.17, 15) is 0 Å². The summed E-state index contributed by atoms with van der Waals surface area (Å²) in [4.78, 5) is 0. The topological polar surface area (TPSA) is 12.0 Å². The van der Waals surface area contributed by atoms with Gasteiger partial charge in [-0.05, 0) is 23.8 Å². The van der Waals surface area contributed by atoms with Crippen molar-refractivity contribution in [3.8, 4) is 0 Å². The Morgan fingerprint density at radius 2 is 1.81 bits per heavy atom. The molecule has 1 aliphatic carbocycles. The molecule has 2 aromatic carbocycles. The molecule has 0 unspecified atom stereocenters. The molecular weight excluding hydrogens is 194 g/mol. The monoisotopic (exact) mass is 211 g/mol.